The van der Waals surface area contributed by atoms with E-state index in [0.29, 0.717) is 6.54 Å². The third-order valence-electron chi connectivity index (χ3n) is 6.94. The molecule has 1 aliphatic carbocycles. The Morgan fingerprint density at radius 3 is 2.59 bits per heavy atom. The van der Waals surface area contributed by atoms with Gasteiger partial charge in [0.25, 0.3) is 0 Å². The van der Waals surface area contributed by atoms with Gasteiger partial charge in [-0.05, 0) is 44.6 Å². The van der Waals surface area contributed by atoms with Crippen LogP contribution in [-0.4, -0.2) is 56.2 Å². The van der Waals surface area contributed by atoms with Gasteiger partial charge in [-0.15, -0.1) is 0 Å². The molecule has 2 aromatic rings. The van der Waals surface area contributed by atoms with Crippen LogP contribution in [0.3, 0.4) is 0 Å². The van der Waals surface area contributed by atoms with Gasteiger partial charge in [0.2, 0.25) is 11.8 Å². The predicted molar refractivity (Wildman–Crippen MR) is 109 cm³/mol. The summed E-state index contributed by atoms with van der Waals surface area (Å²) in [6.07, 6.45) is 11.6. The van der Waals surface area contributed by atoms with Crippen LogP contribution in [0.1, 0.15) is 63.2 Å². The van der Waals surface area contributed by atoms with Gasteiger partial charge < -0.3 is 14.8 Å². The SMILES string of the molecule is O=C(C1CCCC1)N1CCCC(C(=O)N2CCCC2c2nc3ccncc3[nH]2)C1. The van der Waals surface area contributed by atoms with Gasteiger partial charge in [0, 0.05) is 31.7 Å². The van der Waals surface area contributed by atoms with E-state index in [9.17, 15) is 9.59 Å². The normalized spacial score (nSPS) is 25.8. The number of carbonyl (C=O) groups excluding carboxylic acids is 2. The van der Waals surface area contributed by atoms with Crippen molar-refractivity contribution in [3.63, 3.8) is 0 Å². The third-order valence-corrected chi connectivity index (χ3v) is 6.94. The van der Waals surface area contributed by atoms with Gasteiger partial charge in [-0.25, -0.2) is 4.98 Å². The van der Waals surface area contributed by atoms with Crippen LogP contribution < -0.4 is 0 Å². The first-order valence-electron chi connectivity index (χ1n) is 11.1. The van der Waals surface area contributed by atoms with E-state index in [0.717, 1.165) is 81.3 Å². The highest BCUT2D eigenvalue weighted by Gasteiger charge is 2.39. The first kappa shape index (κ1) is 18.6. The number of pyridine rings is 1. The molecule has 1 N–H and O–H groups in total. The Morgan fingerprint density at radius 1 is 0.966 bits per heavy atom. The Labute approximate surface area is 170 Å². The Balaban J connectivity index is 1.30. The molecule has 0 aromatic carbocycles. The lowest BCUT2D eigenvalue weighted by molar-refractivity contribution is -0.143. The Kier molecular flexibility index (Phi) is 4.97. The molecule has 2 saturated heterocycles. The van der Waals surface area contributed by atoms with Crippen LogP contribution in [0.4, 0.5) is 0 Å². The summed E-state index contributed by atoms with van der Waals surface area (Å²) in [4.78, 5) is 42.5. The van der Waals surface area contributed by atoms with Gasteiger partial charge in [0.05, 0.1) is 29.2 Å². The molecule has 2 amide bonds. The van der Waals surface area contributed by atoms with Crippen LogP contribution in [0.15, 0.2) is 18.5 Å². The zero-order chi connectivity index (χ0) is 19.8. The molecule has 2 unspecified atom stereocenters. The summed E-state index contributed by atoms with van der Waals surface area (Å²) in [5.74, 6) is 1.43. The van der Waals surface area contributed by atoms with Crippen molar-refractivity contribution in [2.45, 2.75) is 57.4 Å². The van der Waals surface area contributed by atoms with Crippen LogP contribution >= 0.6 is 0 Å². The Morgan fingerprint density at radius 2 is 1.76 bits per heavy atom. The topological polar surface area (TPSA) is 82.2 Å². The summed E-state index contributed by atoms with van der Waals surface area (Å²) in [6, 6.07) is 1.89. The number of carbonyl (C=O) groups is 2. The lowest BCUT2D eigenvalue weighted by Crippen LogP contribution is -2.48. The number of rotatable bonds is 3. The highest BCUT2D eigenvalue weighted by atomic mass is 16.2. The summed E-state index contributed by atoms with van der Waals surface area (Å²) in [6.45, 7) is 2.16. The number of likely N-dealkylation sites (tertiary alicyclic amines) is 2. The molecule has 2 aliphatic heterocycles. The van der Waals surface area contributed by atoms with Crippen molar-refractivity contribution in [2.75, 3.05) is 19.6 Å². The standard InChI is InChI=1S/C22H29N5O2/c28-21(15-5-1-2-6-15)26-11-3-7-16(14-26)22(29)27-12-4-8-19(27)20-24-17-9-10-23-13-18(17)25-20/h9-10,13,15-16,19H,1-8,11-12,14H2,(H,24,25). The van der Waals surface area contributed by atoms with Crippen molar-refractivity contribution >= 4 is 22.8 Å². The zero-order valence-electron chi connectivity index (χ0n) is 16.8. The highest BCUT2D eigenvalue weighted by molar-refractivity contribution is 5.83. The van der Waals surface area contributed by atoms with Crippen molar-refractivity contribution in [1.82, 2.24) is 24.8 Å². The van der Waals surface area contributed by atoms with Crippen molar-refractivity contribution in [2.24, 2.45) is 11.8 Å². The summed E-state index contributed by atoms with van der Waals surface area (Å²) in [5.41, 5.74) is 1.80. The fourth-order valence-electron chi connectivity index (χ4n) is 5.39. The molecule has 0 spiro atoms. The summed E-state index contributed by atoms with van der Waals surface area (Å²) < 4.78 is 0. The van der Waals surface area contributed by atoms with E-state index in [1.165, 1.54) is 0 Å². The van der Waals surface area contributed by atoms with E-state index in [-0.39, 0.29) is 29.7 Å². The van der Waals surface area contributed by atoms with Crippen molar-refractivity contribution < 1.29 is 9.59 Å². The average molecular weight is 396 g/mol. The number of aromatic nitrogens is 3. The molecule has 154 valence electrons. The monoisotopic (exact) mass is 395 g/mol. The average Bonchev–Trinajstić information content (AvgIpc) is 3.52. The highest BCUT2D eigenvalue weighted by Crippen LogP contribution is 2.34. The fourth-order valence-corrected chi connectivity index (χ4v) is 5.39. The molecule has 29 heavy (non-hydrogen) atoms. The number of H-pyrrole nitrogens is 1. The number of aromatic amines is 1. The molecule has 1 saturated carbocycles. The molecular weight excluding hydrogens is 366 g/mol. The van der Waals surface area contributed by atoms with E-state index in [1.807, 2.05) is 15.9 Å². The van der Waals surface area contributed by atoms with Crippen LogP contribution in [-0.2, 0) is 9.59 Å². The number of nitrogens with one attached hydrogen (secondary N) is 1. The molecule has 2 aromatic heterocycles. The smallest absolute Gasteiger partial charge is 0.228 e. The molecule has 2 atom stereocenters. The first-order valence-corrected chi connectivity index (χ1v) is 11.1. The minimum absolute atomic E-state index is 0.00388. The van der Waals surface area contributed by atoms with Crippen molar-refractivity contribution in [3.05, 3.63) is 24.3 Å². The molecule has 0 radical (unpaired) electrons. The molecule has 3 fully saturated rings. The fraction of sp³-hybridized carbons (Fsp3) is 0.636. The molecule has 7 nitrogen and oxygen atoms in total. The van der Waals surface area contributed by atoms with Gasteiger partial charge in [0.1, 0.15) is 5.82 Å². The molecular formula is C22H29N5O2. The lowest BCUT2D eigenvalue weighted by atomic mass is 9.94. The summed E-state index contributed by atoms with van der Waals surface area (Å²) in [7, 11) is 0. The zero-order valence-corrected chi connectivity index (χ0v) is 16.8. The lowest BCUT2D eigenvalue weighted by Gasteiger charge is -2.36. The van der Waals surface area contributed by atoms with E-state index < -0.39 is 0 Å². The maximum atomic E-state index is 13.4. The van der Waals surface area contributed by atoms with Crippen molar-refractivity contribution in [1.29, 1.82) is 0 Å². The predicted octanol–water partition coefficient (Wildman–Crippen LogP) is 3.05. The maximum Gasteiger partial charge on any atom is 0.228 e. The number of nitrogens with zero attached hydrogens (tertiary/aromatic N) is 4. The molecule has 5 rings (SSSR count). The molecule has 7 heteroatoms. The third kappa shape index (κ3) is 3.51. The minimum atomic E-state index is -0.0826. The number of hydrogen-bond donors (Lipinski definition) is 1. The van der Waals surface area contributed by atoms with Gasteiger partial charge in [0.15, 0.2) is 0 Å². The van der Waals surface area contributed by atoms with Crippen LogP contribution in [0.25, 0.3) is 11.0 Å². The van der Waals surface area contributed by atoms with Crippen LogP contribution in [0, 0.1) is 11.8 Å². The minimum Gasteiger partial charge on any atom is -0.342 e. The number of hydrogen-bond acceptors (Lipinski definition) is 4. The second-order valence-electron chi connectivity index (χ2n) is 8.81. The summed E-state index contributed by atoms with van der Waals surface area (Å²) in [5, 5.41) is 0. The Hall–Kier alpha value is -2.44. The van der Waals surface area contributed by atoms with E-state index in [1.54, 1.807) is 12.4 Å². The van der Waals surface area contributed by atoms with Gasteiger partial charge >= 0.3 is 0 Å². The summed E-state index contributed by atoms with van der Waals surface area (Å²) >= 11 is 0. The number of amides is 2. The van der Waals surface area contributed by atoms with Crippen molar-refractivity contribution in [3.8, 4) is 0 Å². The second-order valence-corrected chi connectivity index (χ2v) is 8.81. The van der Waals surface area contributed by atoms with E-state index in [2.05, 4.69) is 9.97 Å². The van der Waals surface area contributed by atoms with Crippen LogP contribution in [0.5, 0.6) is 0 Å². The molecule has 4 heterocycles. The first-order chi connectivity index (χ1) is 14.2. The number of fused-ring (bicyclic) bond motifs is 1. The van der Waals surface area contributed by atoms with Gasteiger partial charge in [-0.2, -0.15) is 0 Å². The van der Waals surface area contributed by atoms with Gasteiger partial charge in [-0.3, -0.25) is 14.6 Å². The quantitative estimate of drug-likeness (QED) is 0.866. The largest absolute Gasteiger partial charge is 0.342 e. The number of piperidine rings is 1. The number of imidazole rings is 1. The van der Waals surface area contributed by atoms with E-state index >= 15 is 0 Å². The second kappa shape index (κ2) is 7.76. The Bertz CT molecular complexity index is 870. The maximum absolute atomic E-state index is 13.4. The van der Waals surface area contributed by atoms with Crippen LogP contribution in [0.2, 0.25) is 0 Å². The molecule has 3 aliphatic rings. The molecule has 0 bridgehead atoms. The van der Waals surface area contributed by atoms with E-state index in [4.69, 9.17) is 4.98 Å². The van der Waals surface area contributed by atoms with Gasteiger partial charge in [-0.1, -0.05) is 12.8 Å².